The summed E-state index contributed by atoms with van der Waals surface area (Å²) in [5.41, 5.74) is -1.16. The number of tetrazole rings is 1. The van der Waals surface area contributed by atoms with E-state index in [0.717, 1.165) is 0 Å². The molecule has 20 heavy (non-hydrogen) atoms. The van der Waals surface area contributed by atoms with Crippen molar-refractivity contribution in [2.75, 3.05) is 20.3 Å². The van der Waals surface area contributed by atoms with Gasteiger partial charge in [0.25, 0.3) is 0 Å². The van der Waals surface area contributed by atoms with Crippen LogP contribution in [-0.2, 0) is 16.6 Å². The Balaban J connectivity index is -0.000000245. The number of esters is 1. The lowest BCUT2D eigenvalue weighted by Gasteiger charge is -2.20. The molecule has 0 saturated heterocycles. The van der Waals surface area contributed by atoms with Gasteiger partial charge in [-0.05, 0) is 17.4 Å². The molecule has 0 aliphatic rings. The molecule has 0 aliphatic heterocycles. The molecule has 0 spiro atoms. The number of aliphatic hydroxyl groups is 2. The van der Waals surface area contributed by atoms with Gasteiger partial charge in [0.1, 0.15) is 11.7 Å². The number of nitrogens with zero attached hydrogens (tertiary/aromatic N) is 4. The second-order valence-corrected chi connectivity index (χ2v) is 3.35. The maximum Gasteiger partial charge on any atom is 0.316 e. The average Bonchev–Trinajstić information content (AvgIpc) is 3.01. The van der Waals surface area contributed by atoms with Gasteiger partial charge in [-0.2, -0.15) is 0 Å². The summed E-state index contributed by atoms with van der Waals surface area (Å²) in [4.78, 5) is 10.8. The molecule has 0 amide bonds. The zero-order valence-corrected chi connectivity index (χ0v) is 13.5. The molecule has 0 aromatic carbocycles. The highest BCUT2D eigenvalue weighted by Crippen LogP contribution is 2.15. The molecule has 0 radical (unpaired) electrons. The summed E-state index contributed by atoms with van der Waals surface area (Å²) in [6.45, 7) is 8.62. The van der Waals surface area contributed by atoms with Crippen LogP contribution < -0.4 is 0 Å². The van der Waals surface area contributed by atoms with Gasteiger partial charge < -0.3 is 14.9 Å². The lowest BCUT2D eigenvalue weighted by atomic mass is 9.93. The second kappa shape index (κ2) is 15.5. The van der Waals surface area contributed by atoms with E-state index in [2.05, 4.69) is 20.3 Å². The molecule has 2 N–H and O–H groups in total. The molecule has 8 heteroatoms. The quantitative estimate of drug-likeness (QED) is 0.776. The maximum absolute atomic E-state index is 10.8. The molecule has 1 rings (SSSR count). The van der Waals surface area contributed by atoms with Crippen molar-refractivity contribution >= 4 is 5.97 Å². The lowest BCUT2D eigenvalue weighted by Crippen LogP contribution is -2.36. The summed E-state index contributed by atoms with van der Waals surface area (Å²) in [7, 11) is 2.98. The van der Waals surface area contributed by atoms with E-state index in [-0.39, 0.29) is 0 Å². The van der Waals surface area contributed by atoms with Crippen LogP contribution in [0.2, 0.25) is 0 Å². The standard InChI is InChI=1S/C6H12O4.C2H4N4.2C2H6/c1-6(3-7,4-8)5(9)10-2;1-6-2-3-4-5-6;2*1-2/h7-8H,3-4H2,1-2H3;2H,1H3;2*1-2H3. The van der Waals surface area contributed by atoms with Gasteiger partial charge in [0.05, 0.1) is 20.3 Å². The van der Waals surface area contributed by atoms with Crippen LogP contribution in [0, 0.1) is 5.41 Å². The van der Waals surface area contributed by atoms with Crippen LogP contribution in [0.25, 0.3) is 0 Å². The molecule has 0 atom stereocenters. The van der Waals surface area contributed by atoms with Gasteiger partial charge in [0, 0.05) is 7.05 Å². The number of methoxy groups -OCH3 is 1. The van der Waals surface area contributed by atoms with Crippen molar-refractivity contribution < 1.29 is 19.7 Å². The molecular formula is C12H28N4O4. The predicted octanol–water partition coefficient (Wildman–Crippen LogP) is 0.413. The number of carbonyl (C=O) groups excluding carboxylic acids is 1. The zero-order chi connectivity index (χ0) is 16.6. The van der Waals surface area contributed by atoms with E-state index < -0.39 is 24.6 Å². The van der Waals surface area contributed by atoms with E-state index in [0.29, 0.717) is 0 Å². The van der Waals surface area contributed by atoms with Gasteiger partial charge in [0.15, 0.2) is 0 Å². The summed E-state index contributed by atoms with van der Waals surface area (Å²) >= 11 is 0. The third-order valence-electron chi connectivity index (χ3n) is 1.83. The molecule has 0 unspecified atom stereocenters. The van der Waals surface area contributed by atoms with E-state index >= 15 is 0 Å². The first-order valence-corrected chi connectivity index (χ1v) is 6.47. The molecule has 0 saturated carbocycles. The molecule has 1 aromatic rings. The largest absolute Gasteiger partial charge is 0.468 e. The molecule has 0 fully saturated rings. The van der Waals surface area contributed by atoms with Crippen LogP contribution >= 0.6 is 0 Å². The van der Waals surface area contributed by atoms with Crippen LogP contribution in [0.15, 0.2) is 6.33 Å². The van der Waals surface area contributed by atoms with E-state index in [4.69, 9.17) is 10.2 Å². The van der Waals surface area contributed by atoms with Crippen LogP contribution in [0.3, 0.4) is 0 Å². The van der Waals surface area contributed by atoms with Gasteiger partial charge in [0.2, 0.25) is 0 Å². The monoisotopic (exact) mass is 292 g/mol. The Bertz CT molecular complexity index is 300. The van der Waals surface area contributed by atoms with Crippen LogP contribution in [0.4, 0.5) is 0 Å². The molecule has 120 valence electrons. The first kappa shape index (κ1) is 23.5. The highest BCUT2D eigenvalue weighted by atomic mass is 16.5. The smallest absolute Gasteiger partial charge is 0.316 e. The van der Waals surface area contributed by atoms with Crippen molar-refractivity contribution in [3.8, 4) is 0 Å². The van der Waals surface area contributed by atoms with Gasteiger partial charge in [-0.1, -0.05) is 27.7 Å². The third kappa shape index (κ3) is 10.4. The van der Waals surface area contributed by atoms with Gasteiger partial charge >= 0.3 is 5.97 Å². The van der Waals surface area contributed by atoms with Crippen molar-refractivity contribution in [2.45, 2.75) is 34.6 Å². The Morgan fingerprint density at radius 3 is 1.80 bits per heavy atom. The Morgan fingerprint density at radius 2 is 1.70 bits per heavy atom. The minimum atomic E-state index is -1.16. The summed E-state index contributed by atoms with van der Waals surface area (Å²) < 4.78 is 5.87. The fraction of sp³-hybridized carbons (Fsp3) is 0.833. The summed E-state index contributed by atoms with van der Waals surface area (Å²) in [5, 5.41) is 27.4. The first-order chi connectivity index (χ1) is 9.50. The molecule has 8 nitrogen and oxygen atoms in total. The first-order valence-electron chi connectivity index (χ1n) is 6.47. The van der Waals surface area contributed by atoms with Crippen molar-refractivity contribution in [1.29, 1.82) is 0 Å². The number of aryl methyl sites for hydroxylation is 1. The SMILES string of the molecule is CC.CC.COC(=O)C(C)(CO)CO.Cn1cnnn1. The lowest BCUT2D eigenvalue weighted by molar-refractivity contribution is -0.156. The molecule has 1 heterocycles. The Morgan fingerprint density at radius 1 is 1.25 bits per heavy atom. The Kier molecular flexibility index (Phi) is 18.3. The predicted molar refractivity (Wildman–Crippen MR) is 75.8 cm³/mol. The number of hydrogen-bond donors (Lipinski definition) is 2. The van der Waals surface area contributed by atoms with Crippen molar-refractivity contribution in [1.82, 2.24) is 20.2 Å². The van der Waals surface area contributed by atoms with Gasteiger partial charge in [-0.3, -0.25) is 4.79 Å². The summed E-state index contributed by atoms with van der Waals surface area (Å²) in [5.74, 6) is -0.600. The molecule has 1 aromatic heterocycles. The molecule has 0 bridgehead atoms. The Hall–Kier alpha value is -1.54. The normalized spacial score (nSPS) is 8.85. The fourth-order valence-electron chi connectivity index (χ4n) is 0.633. The number of rotatable bonds is 3. The third-order valence-corrected chi connectivity index (χ3v) is 1.83. The van der Waals surface area contributed by atoms with Crippen LogP contribution in [-0.4, -0.2) is 56.7 Å². The van der Waals surface area contributed by atoms with Crippen molar-refractivity contribution in [3.63, 3.8) is 0 Å². The van der Waals surface area contributed by atoms with Crippen molar-refractivity contribution in [3.05, 3.63) is 6.33 Å². The number of aromatic nitrogens is 4. The Labute approximate surface area is 120 Å². The highest BCUT2D eigenvalue weighted by molar-refractivity contribution is 5.76. The van der Waals surface area contributed by atoms with Crippen molar-refractivity contribution in [2.24, 2.45) is 12.5 Å². The van der Waals surface area contributed by atoms with E-state index in [1.807, 2.05) is 27.7 Å². The van der Waals surface area contributed by atoms with Crippen LogP contribution in [0.5, 0.6) is 0 Å². The topological polar surface area (TPSA) is 110 Å². The number of hydrogen-bond acceptors (Lipinski definition) is 7. The van der Waals surface area contributed by atoms with E-state index in [1.165, 1.54) is 25.0 Å². The number of aliphatic hydroxyl groups excluding tert-OH is 2. The number of ether oxygens (including phenoxy) is 1. The van der Waals surface area contributed by atoms with Gasteiger partial charge in [-0.25, -0.2) is 4.68 Å². The molecule has 0 aliphatic carbocycles. The van der Waals surface area contributed by atoms with E-state index in [9.17, 15) is 4.79 Å². The minimum absolute atomic E-state index is 0.407. The van der Waals surface area contributed by atoms with E-state index in [1.54, 1.807) is 7.05 Å². The number of carbonyl (C=O) groups is 1. The zero-order valence-electron chi connectivity index (χ0n) is 13.5. The minimum Gasteiger partial charge on any atom is -0.468 e. The summed E-state index contributed by atoms with van der Waals surface area (Å²) in [6.07, 6.45) is 1.53. The van der Waals surface area contributed by atoms with Crippen LogP contribution in [0.1, 0.15) is 34.6 Å². The fourth-order valence-corrected chi connectivity index (χ4v) is 0.633. The maximum atomic E-state index is 10.8. The van der Waals surface area contributed by atoms with Gasteiger partial charge in [-0.15, -0.1) is 5.10 Å². The second-order valence-electron chi connectivity index (χ2n) is 3.35. The molecular weight excluding hydrogens is 264 g/mol. The summed E-state index contributed by atoms with van der Waals surface area (Å²) in [6, 6.07) is 0. The average molecular weight is 292 g/mol. The highest BCUT2D eigenvalue weighted by Gasteiger charge is 2.32.